The summed E-state index contributed by atoms with van der Waals surface area (Å²) in [6.07, 6.45) is 0. The SMILES string of the molecule is NC(=O)COc1ccc(CNC2c3ccccc3-c3ccccc32)cc1. The van der Waals surface area contributed by atoms with Gasteiger partial charge < -0.3 is 15.8 Å². The van der Waals surface area contributed by atoms with Gasteiger partial charge in [-0.2, -0.15) is 0 Å². The van der Waals surface area contributed by atoms with Gasteiger partial charge in [0.05, 0.1) is 6.04 Å². The first-order chi connectivity index (χ1) is 12.7. The first kappa shape index (κ1) is 16.4. The monoisotopic (exact) mass is 344 g/mol. The molecule has 0 radical (unpaired) electrons. The van der Waals surface area contributed by atoms with Crippen molar-refractivity contribution in [3.63, 3.8) is 0 Å². The van der Waals surface area contributed by atoms with E-state index in [0.29, 0.717) is 5.75 Å². The summed E-state index contributed by atoms with van der Waals surface area (Å²) in [4.78, 5) is 10.8. The summed E-state index contributed by atoms with van der Waals surface area (Å²) in [6.45, 7) is 0.636. The van der Waals surface area contributed by atoms with E-state index in [1.807, 2.05) is 24.3 Å². The fraction of sp³-hybridized carbons (Fsp3) is 0.136. The molecule has 1 aliphatic carbocycles. The molecule has 0 fully saturated rings. The number of benzene rings is 3. The summed E-state index contributed by atoms with van der Waals surface area (Å²) < 4.78 is 5.30. The Balaban J connectivity index is 1.49. The number of hydrogen-bond acceptors (Lipinski definition) is 3. The third-order valence-electron chi connectivity index (χ3n) is 4.65. The molecule has 130 valence electrons. The number of nitrogens with one attached hydrogen (secondary N) is 1. The molecule has 3 aromatic carbocycles. The van der Waals surface area contributed by atoms with Crippen LogP contribution in [0.5, 0.6) is 5.75 Å². The van der Waals surface area contributed by atoms with Crippen molar-refractivity contribution in [3.05, 3.63) is 89.5 Å². The molecule has 0 bridgehead atoms. The molecular formula is C22H20N2O2. The van der Waals surface area contributed by atoms with E-state index in [1.54, 1.807) is 0 Å². The van der Waals surface area contributed by atoms with Crippen LogP contribution in [0, 0.1) is 0 Å². The van der Waals surface area contributed by atoms with Gasteiger partial charge in [-0.25, -0.2) is 0 Å². The molecule has 0 saturated heterocycles. The Hall–Kier alpha value is -3.11. The molecule has 1 amide bonds. The van der Waals surface area contributed by atoms with Crippen LogP contribution in [0.4, 0.5) is 0 Å². The zero-order valence-corrected chi connectivity index (χ0v) is 14.3. The number of ether oxygens (including phenoxy) is 1. The Morgan fingerprint density at radius 2 is 1.46 bits per heavy atom. The minimum Gasteiger partial charge on any atom is -0.484 e. The Morgan fingerprint density at radius 1 is 0.885 bits per heavy atom. The van der Waals surface area contributed by atoms with E-state index in [4.69, 9.17) is 10.5 Å². The lowest BCUT2D eigenvalue weighted by atomic mass is 10.0. The second-order valence-electron chi connectivity index (χ2n) is 6.39. The summed E-state index contributed by atoms with van der Waals surface area (Å²) in [5, 5.41) is 3.67. The third-order valence-corrected chi connectivity index (χ3v) is 4.65. The highest BCUT2D eigenvalue weighted by Crippen LogP contribution is 2.43. The summed E-state index contributed by atoms with van der Waals surface area (Å²) in [6, 6.07) is 25.0. The Morgan fingerprint density at radius 3 is 2.04 bits per heavy atom. The van der Waals surface area contributed by atoms with Gasteiger partial charge >= 0.3 is 0 Å². The van der Waals surface area contributed by atoms with Crippen LogP contribution in [0.1, 0.15) is 22.7 Å². The highest BCUT2D eigenvalue weighted by Gasteiger charge is 2.27. The Kier molecular flexibility index (Phi) is 4.42. The van der Waals surface area contributed by atoms with Gasteiger partial charge in [-0.05, 0) is 39.9 Å². The molecule has 1 aliphatic rings. The van der Waals surface area contributed by atoms with Crippen molar-refractivity contribution >= 4 is 5.91 Å². The molecule has 0 atom stereocenters. The van der Waals surface area contributed by atoms with Crippen LogP contribution in [0.15, 0.2) is 72.8 Å². The highest BCUT2D eigenvalue weighted by molar-refractivity contribution is 5.78. The second kappa shape index (κ2) is 7.02. The maximum Gasteiger partial charge on any atom is 0.255 e. The van der Waals surface area contributed by atoms with Gasteiger partial charge in [0, 0.05) is 6.54 Å². The summed E-state index contributed by atoms with van der Waals surface area (Å²) >= 11 is 0. The molecule has 0 unspecified atom stereocenters. The lowest BCUT2D eigenvalue weighted by Crippen LogP contribution is -2.20. The number of carbonyl (C=O) groups is 1. The standard InChI is InChI=1S/C22H20N2O2/c23-21(25)14-26-16-11-9-15(10-12-16)13-24-22-19-7-3-1-5-17(19)18-6-2-4-8-20(18)22/h1-12,22,24H,13-14H2,(H2,23,25). The molecule has 4 heteroatoms. The predicted octanol–water partition coefficient (Wildman–Crippen LogP) is 3.41. The molecule has 0 aliphatic heterocycles. The molecule has 4 nitrogen and oxygen atoms in total. The molecule has 4 rings (SSSR count). The van der Waals surface area contributed by atoms with Crippen LogP contribution < -0.4 is 15.8 Å². The van der Waals surface area contributed by atoms with Gasteiger partial charge in [0.1, 0.15) is 5.75 Å². The summed E-state index contributed by atoms with van der Waals surface area (Å²) in [5.74, 6) is 0.165. The van der Waals surface area contributed by atoms with Crippen molar-refractivity contribution in [2.45, 2.75) is 12.6 Å². The van der Waals surface area contributed by atoms with E-state index in [9.17, 15) is 4.79 Å². The minimum atomic E-state index is -0.477. The lowest BCUT2D eigenvalue weighted by Gasteiger charge is -2.16. The fourth-order valence-corrected chi connectivity index (χ4v) is 3.45. The number of carbonyl (C=O) groups excluding carboxylic acids is 1. The molecule has 3 N–H and O–H groups in total. The van der Waals surface area contributed by atoms with Crippen molar-refractivity contribution in [2.75, 3.05) is 6.61 Å². The zero-order chi connectivity index (χ0) is 17.9. The number of primary amides is 1. The number of hydrogen-bond donors (Lipinski definition) is 2. The van der Waals surface area contributed by atoms with E-state index in [2.05, 4.69) is 53.8 Å². The number of amides is 1. The molecule has 26 heavy (non-hydrogen) atoms. The summed E-state index contributed by atoms with van der Waals surface area (Å²) in [5.41, 5.74) is 11.5. The molecule has 0 spiro atoms. The van der Waals surface area contributed by atoms with E-state index in [0.717, 1.165) is 12.1 Å². The first-order valence-electron chi connectivity index (χ1n) is 8.64. The Bertz CT molecular complexity index is 889. The largest absolute Gasteiger partial charge is 0.484 e. The van der Waals surface area contributed by atoms with Crippen molar-refractivity contribution in [1.82, 2.24) is 5.32 Å². The third kappa shape index (κ3) is 3.19. The first-order valence-corrected chi connectivity index (χ1v) is 8.64. The average Bonchev–Trinajstić information content (AvgIpc) is 2.99. The minimum absolute atomic E-state index is 0.104. The normalized spacial score (nSPS) is 12.5. The average molecular weight is 344 g/mol. The molecule has 0 saturated carbocycles. The van der Waals surface area contributed by atoms with E-state index < -0.39 is 5.91 Å². The molecule has 3 aromatic rings. The molecular weight excluding hydrogens is 324 g/mol. The predicted molar refractivity (Wildman–Crippen MR) is 102 cm³/mol. The van der Waals surface area contributed by atoms with Crippen molar-refractivity contribution in [2.24, 2.45) is 5.73 Å². The second-order valence-corrected chi connectivity index (χ2v) is 6.39. The van der Waals surface area contributed by atoms with Gasteiger partial charge in [-0.3, -0.25) is 4.79 Å². The van der Waals surface area contributed by atoms with Gasteiger partial charge in [-0.1, -0.05) is 60.7 Å². The fourth-order valence-electron chi connectivity index (χ4n) is 3.45. The highest BCUT2D eigenvalue weighted by atomic mass is 16.5. The van der Waals surface area contributed by atoms with Crippen molar-refractivity contribution < 1.29 is 9.53 Å². The van der Waals surface area contributed by atoms with Crippen LogP contribution in [-0.4, -0.2) is 12.5 Å². The number of nitrogens with two attached hydrogens (primary N) is 1. The van der Waals surface area contributed by atoms with E-state index >= 15 is 0 Å². The summed E-state index contributed by atoms with van der Waals surface area (Å²) in [7, 11) is 0. The van der Waals surface area contributed by atoms with Crippen LogP contribution >= 0.6 is 0 Å². The maximum atomic E-state index is 10.8. The van der Waals surface area contributed by atoms with Gasteiger partial charge in [0.15, 0.2) is 6.61 Å². The Labute approximate surface area is 152 Å². The van der Waals surface area contributed by atoms with Gasteiger partial charge in [0.2, 0.25) is 0 Å². The molecule has 0 heterocycles. The van der Waals surface area contributed by atoms with E-state index in [1.165, 1.54) is 22.3 Å². The number of rotatable bonds is 6. The molecule has 0 aromatic heterocycles. The quantitative estimate of drug-likeness (QED) is 0.720. The zero-order valence-electron chi connectivity index (χ0n) is 14.3. The van der Waals surface area contributed by atoms with E-state index in [-0.39, 0.29) is 12.6 Å². The lowest BCUT2D eigenvalue weighted by molar-refractivity contribution is -0.119. The topological polar surface area (TPSA) is 64.4 Å². The van der Waals surface area contributed by atoms with Gasteiger partial charge in [-0.15, -0.1) is 0 Å². The maximum absolute atomic E-state index is 10.8. The van der Waals surface area contributed by atoms with Crippen LogP contribution in [0.25, 0.3) is 11.1 Å². The van der Waals surface area contributed by atoms with Gasteiger partial charge in [0.25, 0.3) is 5.91 Å². The van der Waals surface area contributed by atoms with Crippen LogP contribution in [0.3, 0.4) is 0 Å². The van der Waals surface area contributed by atoms with Crippen LogP contribution in [0.2, 0.25) is 0 Å². The van der Waals surface area contributed by atoms with Crippen molar-refractivity contribution in [1.29, 1.82) is 0 Å². The smallest absolute Gasteiger partial charge is 0.255 e. The van der Waals surface area contributed by atoms with Crippen molar-refractivity contribution in [3.8, 4) is 16.9 Å². The number of fused-ring (bicyclic) bond motifs is 3. The van der Waals surface area contributed by atoms with Crippen LogP contribution in [-0.2, 0) is 11.3 Å².